The Balaban J connectivity index is 1.55. The minimum Gasteiger partial charge on any atom is -0.322 e. The lowest BCUT2D eigenvalue weighted by Gasteiger charge is -2.16. The fourth-order valence-electron chi connectivity index (χ4n) is 3.22. The van der Waals surface area contributed by atoms with E-state index >= 15 is 0 Å². The molecule has 1 aliphatic heterocycles. The van der Waals surface area contributed by atoms with Gasteiger partial charge in [0, 0.05) is 36.4 Å². The van der Waals surface area contributed by atoms with Crippen molar-refractivity contribution in [3.05, 3.63) is 48.0 Å². The Kier molecular flexibility index (Phi) is 4.12. The molecule has 0 radical (unpaired) electrons. The van der Waals surface area contributed by atoms with E-state index in [2.05, 4.69) is 15.6 Å². The molecular formula is C19H19N5O2. The van der Waals surface area contributed by atoms with E-state index in [4.69, 9.17) is 0 Å². The number of nitrogens with zero attached hydrogens (tertiary/aromatic N) is 4. The molecular weight excluding hydrogens is 330 g/mol. The van der Waals surface area contributed by atoms with Gasteiger partial charge in [-0.1, -0.05) is 11.3 Å². The molecule has 0 atom stereocenters. The van der Waals surface area contributed by atoms with Crippen molar-refractivity contribution in [1.29, 1.82) is 0 Å². The Hall–Kier alpha value is -3.22. The highest BCUT2D eigenvalue weighted by Gasteiger charge is 2.21. The molecule has 1 aromatic heterocycles. The number of hydrogen-bond acceptors (Lipinski definition) is 4. The van der Waals surface area contributed by atoms with Crippen molar-refractivity contribution >= 4 is 34.2 Å². The van der Waals surface area contributed by atoms with Crippen LogP contribution in [-0.4, -0.2) is 33.4 Å². The molecule has 7 nitrogen and oxygen atoms in total. The molecule has 1 saturated heterocycles. The van der Waals surface area contributed by atoms with Crippen molar-refractivity contribution in [2.24, 2.45) is 0 Å². The number of carbonyl (C=O) groups is 2. The van der Waals surface area contributed by atoms with Crippen molar-refractivity contribution in [3.8, 4) is 0 Å². The molecule has 0 aliphatic carbocycles. The van der Waals surface area contributed by atoms with E-state index in [9.17, 15) is 9.59 Å². The molecule has 2 aromatic carbocycles. The summed E-state index contributed by atoms with van der Waals surface area (Å²) in [6.45, 7) is 3.44. The van der Waals surface area contributed by atoms with Crippen LogP contribution in [0.4, 0.5) is 11.4 Å². The molecule has 0 spiro atoms. The average molecular weight is 349 g/mol. The zero-order valence-electron chi connectivity index (χ0n) is 14.5. The highest BCUT2D eigenvalue weighted by atomic mass is 16.2. The Morgan fingerprint density at radius 3 is 2.88 bits per heavy atom. The molecule has 1 aliphatic rings. The molecule has 2 amide bonds. The topological polar surface area (TPSA) is 80.1 Å². The normalized spacial score (nSPS) is 14.2. The number of aromatic nitrogens is 3. The zero-order valence-corrected chi connectivity index (χ0v) is 14.5. The van der Waals surface area contributed by atoms with Gasteiger partial charge in [-0.05, 0) is 49.7 Å². The summed E-state index contributed by atoms with van der Waals surface area (Å²) in [6, 6.07) is 12.7. The van der Waals surface area contributed by atoms with Crippen LogP contribution >= 0.6 is 0 Å². The summed E-state index contributed by atoms with van der Waals surface area (Å²) in [6.07, 6.45) is 1.45. The molecule has 26 heavy (non-hydrogen) atoms. The van der Waals surface area contributed by atoms with Gasteiger partial charge in [-0.3, -0.25) is 9.59 Å². The number of benzene rings is 2. The van der Waals surface area contributed by atoms with Crippen molar-refractivity contribution in [2.45, 2.75) is 26.3 Å². The highest BCUT2D eigenvalue weighted by molar-refractivity contribution is 6.06. The fraction of sp³-hybridized carbons (Fsp3) is 0.263. The molecule has 0 saturated carbocycles. The van der Waals surface area contributed by atoms with Gasteiger partial charge in [0.1, 0.15) is 5.52 Å². The summed E-state index contributed by atoms with van der Waals surface area (Å²) in [5.41, 5.74) is 3.58. The Labute approximate surface area is 150 Å². The van der Waals surface area contributed by atoms with Gasteiger partial charge in [-0.25, -0.2) is 4.68 Å². The first-order valence-corrected chi connectivity index (χ1v) is 8.71. The van der Waals surface area contributed by atoms with Crippen LogP contribution in [0.3, 0.4) is 0 Å². The zero-order chi connectivity index (χ0) is 18.1. The molecule has 2 heterocycles. The predicted octanol–water partition coefficient (Wildman–Crippen LogP) is 2.83. The second-order valence-corrected chi connectivity index (χ2v) is 6.26. The van der Waals surface area contributed by atoms with Crippen LogP contribution in [0.5, 0.6) is 0 Å². The first-order valence-electron chi connectivity index (χ1n) is 8.71. The van der Waals surface area contributed by atoms with Gasteiger partial charge in [0.2, 0.25) is 5.91 Å². The highest BCUT2D eigenvalue weighted by Crippen LogP contribution is 2.24. The number of carbonyl (C=O) groups excluding carboxylic acids is 2. The molecule has 0 unspecified atom stereocenters. The number of fused-ring (bicyclic) bond motifs is 1. The number of aryl methyl sites for hydroxylation is 1. The van der Waals surface area contributed by atoms with E-state index in [0.29, 0.717) is 23.2 Å². The Morgan fingerprint density at radius 1 is 1.23 bits per heavy atom. The standard InChI is InChI=1S/C19H19N5O2/c1-2-24-17-9-8-13(11-16(17)21-22-24)19(26)20-14-5-3-6-15(12-14)23-10-4-7-18(23)25/h3,5-6,8-9,11-12H,2,4,7,10H2,1H3,(H,20,26). The van der Waals surface area contributed by atoms with E-state index in [1.54, 1.807) is 21.7 Å². The number of hydrogen-bond donors (Lipinski definition) is 1. The van der Waals surface area contributed by atoms with Crippen molar-refractivity contribution in [1.82, 2.24) is 15.0 Å². The lowest BCUT2D eigenvalue weighted by atomic mass is 10.1. The van der Waals surface area contributed by atoms with Crippen LogP contribution in [0.15, 0.2) is 42.5 Å². The molecule has 4 rings (SSSR count). The average Bonchev–Trinajstić information content (AvgIpc) is 3.27. The molecule has 1 N–H and O–H groups in total. The third kappa shape index (κ3) is 2.92. The van der Waals surface area contributed by atoms with E-state index in [0.717, 1.165) is 30.7 Å². The monoisotopic (exact) mass is 349 g/mol. The maximum Gasteiger partial charge on any atom is 0.255 e. The van der Waals surface area contributed by atoms with Gasteiger partial charge in [-0.15, -0.1) is 5.10 Å². The number of rotatable bonds is 4. The van der Waals surface area contributed by atoms with E-state index in [-0.39, 0.29) is 11.8 Å². The lowest BCUT2D eigenvalue weighted by molar-refractivity contribution is -0.117. The second kappa shape index (κ2) is 6.59. The Bertz CT molecular complexity index is 995. The van der Waals surface area contributed by atoms with Gasteiger partial charge in [-0.2, -0.15) is 0 Å². The van der Waals surface area contributed by atoms with Crippen molar-refractivity contribution < 1.29 is 9.59 Å². The maximum atomic E-state index is 12.6. The van der Waals surface area contributed by atoms with Crippen LogP contribution in [0.2, 0.25) is 0 Å². The van der Waals surface area contributed by atoms with Gasteiger partial charge < -0.3 is 10.2 Å². The van der Waals surface area contributed by atoms with Crippen molar-refractivity contribution in [2.75, 3.05) is 16.8 Å². The molecule has 7 heteroatoms. The first-order chi connectivity index (χ1) is 12.7. The number of anilines is 2. The Morgan fingerprint density at radius 2 is 2.12 bits per heavy atom. The summed E-state index contributed by atoms with van der Waals surface area (Å²) in [4.78, 5) is 26.2. The van der Waals surface area contributed by atoms with Crippen LogP contribution in [0.1, 0.15) is 30.1 Å². The van der Waals surface area contributed by atoms with Gasteiger partial charge in [0.05, 0.1) is 5.52 Å². The van der Waals surface area contributed by atoms with E-state index in [1.807, 2.05) is 37.3 Å². The largest absolute Gasteiger partial charge is 0.322 e. The maximum absolute atomic E-state index is 12.6. The third-order valence-corrected chi connectivity index (χ3v) is 4.56. The van der Waals surface area contributed by atoms with Crippen LogP contribution in [0.25, 0.3) is 11.0 Å². The van der Waals surface area contributed by atoms with Crippen LogP contribution in [0, 0.1) is 0 Å². The molecule has 1 fully saturated rings. The smallest absolute Gasteiger partial charge is 0.255 e. The summed E-state index contributed by atoms with van der Waals surface area (Å²) in [5, 5.41) is 11.1. The summed E-state index contributed by atoms with van der Waals surface area (Å²) >= 11 is 0. The fourth-order valence-corrected chi connectivity index (χ4v) is 3.22. The van der Waals surface area contributed by atoms with Crippen LogP contribution in [-0.2, 0) is 11.3 Å². The molecule has 0 bridgehead atoms. The van der Waals surface area contributed by atoms with Gasteiger partial charge >= 0.3 is 0 Å². The minimum atomic E-state index is -0.220. The third-order valence-electron chi connectivity index (χ3n) is 4.56. The SMILES string of the molecule is CCn1nnc2cc(C(=O)Nc3cccc(N4CCCC4=O)c3)ccc21. The van der Waals surface area contributed by atoms with E-state index in [1.165, 1.54) is 0 Å². The number of nitrogens with one attached hydrogen (secondary N) is 1. The predicted molar refractivity (Wildman–Crippen MR) is 99.2 cm³/mol. The van der Waals surface area contributed by atoms with Crippen LogP contribution < -0.4 is 10.2 Å². The second-order valence-electron chi connectivity index (χ2n) is 6.26. The molecule has 3 aromatic rings. The van der Waals surface area contributed by atoms with Crippen molar-refractivity contribution in [3.63, 3.8) is 0 Å². The first kappa shape index (κ1) is 16.3. The van der Waals surface area contributed by atoms with Gasteiger partial charge in [0.15, 0.2) is 0 Å². The minimum absolute atomic E-state index is 0.123. The van der Waals surface area contributed by atoms with Gasteiger partial charge in [0.25, 0.3) is 5.91 Å². The van der Waals surface area contributed by atoms with E-state index < -0.39 is 0 Å². The quantitative estimate of drug-likeness (QED) is 0.785. The number of amides is 2. The summed E-state index contributed by atoms with van der Waals surface area (Å²) < 4.78 is 1.79. The lowest BCUT2D eigenvalue weighted by Crippen LogP contribution is -2.23. The summed E-state index contributed by atoms with van der Waals surface area (Å²) in [5.74, 6) is -0.0965. The molecule has 132 valence electrons. The summed E-state index contributed by atoms with van der Waals surface area (Å²) in [7, 11) is 0.